The molecular formula is C10H15NO2S. The molecule has 3 nitrogen and oxygen atoms in total. The highest BCUT2D eigenvalue weighted by atomic mass is 32.2. The van der Waals surface area contributed by atoms with Gasteiger partial charge in [-0.05, 0) is 31.1 Å². The fourth-order valence-electron chi connectivity index (χ4n) is 2.50. The van der Waals surface area contributed by atoms with Gasteiger partial charge in [-0.2, -0.15) is 5.26 Å². The Bertz CT molecular complexity index is 351. The SMILES string of the molecule is N#CC(C1CCC1)C1CCS(=O)(=O)C1. The van der Waals surface area contributed by atoms with E-state index in [-0.39, 0.29) is 17.6 Å². The van der Waals surface area contributed by atoms with Crippen molar-refractivity contribution in [1.29, 1.82) is 5.26 Å². The normalized spacial score (nSPS) is 33.2. The van der Waals surface area contributed by atoms with Crippen LogP contribution in [0.5, 0.6) is 0 Å². The third-order valence-electron chi connectivity index (χ3n) is 3.58. The smallest absolute Gasteiger partial charge is 0.150 e. The zero-order valence-electron chi connectivity index (χ0n) is 8.15. The van der Waals surface area contributed by atoms with Crippen molar-refractivity contribution < 1.29 is 8.42 Å². The van der Waals surface area contributed by atoms with Gasteiger partial charge in [0.05, 0.1) is 23.5 Å². The summed E-state index contributed by atoms with van der Waals surface area (Å²) in [5, 5.41) is 9.05. The molecule has 2 aliphatic rings. The minimum atomic E-state index is -2.82. The first kappa shape index (κ1) is 9.97. The highest BCUT2D eigenvalue weighted by Gasteiger charge is 2.39. The summed E-state index contributed by atoms with van der Waals surface area (Å²) in [5.41, 5.74) is 0. The largest absolute Gasteiger partial charge is 0.229 e. The average Bonchev–Trinajstić information content (AvgIpc) is 2.37. The van der Waals surface area contributed by atoms with E-state index in [2.05, 4.69) is 6.07 Å². The van der Waals surface area contributed by atoms with Crippen LogP contribution in [-0.4, -0.2) is 19.9 Å². The van der Waals surface area contributed by atoms with Gasteiger partial charge < -0.3 is 0 Å². The molecule has 4 heteroatoms. The second-order valence-electron chi connectivity index (χ2n) is 4.51. The first-order valence-electron chi connectivity index (χ1n) is 5.22. The minimum Gasteiger partial charge on any atom is -0.229 e. The molecule has 0 spiro atoms. The fourth-order valence-corrected chi connectivity index (χ4v) is 4.36. The quantitative estimate of drug-likeness (QED) is 0.696. The van der Waals surface area contributed by atoms with Gasteiger partial charge in [0.25, 0.3) is 0 Å². The van der Waals surface area contributed by atoms with Gasteiger partial charge in [-0.3, -0.25) is 0 Å². The van der Waals surface area contributed by atoms with Gasteiger partial charge in [-0.15, -0.1) is 0 Å². The van der Waals surface area contributed by atoms with E-state index in [4.69, 9.17) is 5.26 Å². The highest BCUT2D eigenvalue weighted by molar-refractivity contribution is 7.91. The second kappa shape index (κ2) is 3.54. The van der Waals surface area contributed by atoms with Crippen LogP contribution in [0.1, 0.15) is 25.7 Å². The molecule has 0 bridgehead atoms. The molecule has 1 aliphatic heterocycles. The molecule has 2 atom stereocenters. The zero-order valence-corrected chi connectivity index (χ0v) is 8.96. The fraction of sp³-hybridized carbons (Fsp3) is 0.900. The number of hydrogen-bond acceptors (Lipinski definition) is 3. The second-order valence-corrected chi connectivity index (χ2v) is 6.74. The van der Waals surface area contributed by atoms with E-state index in [0.717, 1.165) is 12.8 Å². The topological polar surface area (TPSA) is 57.9 Å². The Morgan fingerprint density at radius 2 is 1.93 bits per heavy atom. The Hall–Kier alpha value is -0.560. The average molecular weight is 213 g/mol. The molecule has 0 aromatic rings. The van der Waals surface area contributed by atoms with Crippen molar-refractivity contribution in [3.05, 3.63) is 0 Å². The predicted molar refractivity (Wildman–Crippen MR) is 53.2 cm³/mol. The maximum absolute atomic E-state index is 11.3. The van der Waals surface area contributed by atoms with Crippen LogP contribution in [0.4, 0.5) is 0 Å². The van der Waals surface area contributed by atoms with Gasteiger partial charge in [0.2, 0.25) is 0 Å². The molecule has 1 saturated heterocycles. The number of nitrogens with zero attached hydrogens (tertiary/aromatic N) is 1. The Morgan fingerprint density at radius 1 is 1.21 bits per heavy atom. The third kappa shape index (κ3) is 1.78. The van der Waals surface area contributed by atoms with Gasteiger partial charge in [-0.1, -0.05) is 6.42 Å². The summed E-state index contributed by atoms with van der Waals surface area (Å²) < 4.78 is 22.6. The van der Waals surface area contributed by atoms with E-state index in [1.54, 1.807) is 0 Å². The van der Waals surface area contributed by atoms with E-state index >= 15 is 0 Å². The molecule has 1 aliphatic carbocycles. The first-order chi connectivity index (χ1) is 6.62. The summed E-state index contributed by atoms with van der Waals surface area (Å²) in [6, 6.07) is 2.32. The number of sulfone groups is 1. The standard InChI is InChI=1S/C10H15NO2S/c11-6-10(8-2-1-3-8)9-4-5-14(12,13)7-9/h8-10H,1-5,7H2. The van der Waals surface area contributed by atoms with E-state index in [9.17, 15) is 8.42 Å². The summed E-state index contributed by atoms with van der Waals surface area (Å²) >= 11 is 0. The Balaban J connectivity index is 2.04. The molecule has 2 unspecified atom stereocenters. The summed E-state index contributed by atoms with van der Waals surface area (Å²) in [7, 11) is -2.82. The maximum Gasteiger partial charge on any atom is 0.150 e. The Morgan fingerprint density at radius 3 is 2.29 bits per heavy atom. The summed E-state index contributed by atoms with van der Waals surface area (Å²) in [6.45, 7) is 0. The van der Waals surface area contributed by atoms with Gasteiger partial charge in [0.1, 0.15) is 0 Å². The summed E-state index contributed by atoms with van der Waals surface area (Å²) in [6.07, 6.45) is 4.16. The number of nitriles is 1. The minimum absolute atomic E-state index is 0.000949. The lowest BCUT2D eigenvalue weighted by molar-refractivity contribution is 0.199. The van der Waals surface area contributed by atoms with Gasteiger partial charge in [-0.25, -0.2) is 8.42 Å². The van der Waals surface area contributed by atoms with Gasteiger partial charge >= 0.3 is 0 Å². The molecule has 0 amide bonds. The van der Waals surface area contributed by atoms with Crippen molar-refractivity contribution in [2.45, 2.75) is 25.7 Å². The summed E-state index contributed by atoms with van der Waals surface area (Å²) in [5.74, 6) is 1.15. The molecule has 2 fully saturated rings. The van der Waals surface area contributed by atoms with Crippen LogP contribution >= 0.6 is 0 Å². The highest BCUT2D eigenvalue weighted by Crippen LogP contribution is 2.40. The molecule has 2 rings (SSSR count). The van der Waals surface area contributed by atoms with Crippen LogP contribution < -0.4 is 0 Å². The van der Waals surface area contributed by atoms with Gasteiger partial charge in [0.15, 0.2) is 9.84 Å². The number of hydrogen-bond donors (Lipinski definition) is 0. The lowest BCUT2D eigenvalue weighted by Crippen LogP contribution is -2.28. The lowest BCUT2D eigenvalue weighted by Gasteiger charge is -2.32. The van der Waals surface area contributed by atoms with Crippen molar-refractivity contribution >= 4 is 9.84 Å². The van der Waals surface area contributed by atoms with E-state index in [0.29, 0.717) is 18.1 Å². The number of rotatable bonds is 2. The first-order valence-corrected chi connectivity index (χ1v) is 7.04. The van der Waals surface area contributed by atoms with E-state index in [1.807, 2.05) is 0 Å². The van der Waals surface area contributed by atoms with E-state index in [1.165, 1.54) is 6.42 Å². The Kier molecular flexibility index (Phi) is 2.52. The third-order valence-corrected chi connectivity index (χ3v) is 5.38. The van der Waals surface area contributed by atoms with Crippen LogP contribution in [0.25, 0.3) is 0 Å². The monoisotopic (exact) mass is 213 g/mol. The van der Waals surface area contributed by atoms with Crippen LogP contribution in [0.15, 0.2) is 0 Å². The molecule has 0 aromatic carbocycles. The van der Waals surface area contributed by atoms with Crippen molar-refractivity contribution in [1.82, 2.24) is 0 Å². The molecule has 0 radical (unpaired) electrons. The molecular weight excluding hydrogens is 198 g/mol. The van der Waals surface area contributed by atoms with Crippen molar-refractivity contribution in [2.24, 2.45) is 17.8 Å². The molecule has 14 heavy (non-hydrogen) atoms. The lowest BCUT2D eigenvalue weighted by atomic mass is 9.71. The molecule has 1 heterocycles. The molecule has 1 saturated carbocycles. The van der Waals surface area contributed by atoms with Crippen LogP contribution in [0.3, 0.4) is 0 Å². The van der Waals surface area contributed by atoms with Crippen LogP contribution in [-0.2, 0) is 9.84 Å². The van der Waals surface area contributed by atoms with Crippen molar-refractivity contribution in [2.75, 3.05) is 11.5 Å². The van der Waals surface area contributed by atoms with Crippen molar-refractivity contribution in [3.63, 3.8) is 0 Å². The van der Waals surface area contributed by atoms with Gasteiger partial charge in [0, 0.05) is 0 Å². The molecule has 78 valence electrons. The zero-order chi connectivity index (χ0) is 10.2. The molecule has 0 N–H and O–H groups in total. The molecule has 0 aromatic heterocycles. The van der Waals surface area contributed by atoms with Crippen LogP contribution in [0.2, 0.25) is 0 Å². The Labute approximate surface area is 85.0 Å². The van der Waals surface area contributed by atoms with E-state index < -0.39 is 9.84 Å². The summed E-state index contributed by atoms with van der Waals surface area (Å²) in [4.78, 5) is 0. The maximum atomic E-state index is 11.3. The van der Waals surface area contributed by atoms with Crippen LogP contribution in [0, 0.1) is 29.1 Å². The van der Waals surface area contributed by atoms with Crippen molar-refractivity contribution in [3.8, 4) is 6.07 Å². The predicted octanol–water partition coefficient (Wildman–Crippen LogP) is 1.36.